The molecule has 0 saturated heterocycles. The number of halogens is 2. The summed E-state index contributed by atoms with van der Waals surface area (Å²) in [6.45, 7) is 1.79. The van der Waals surface area contributed by atoms with Crippen LogP contribution in [-0.4, -0.2) is 11.8 Å². The Kier molecular flexibility index (Phi) is 4.65. The number of rotatable bonds is 3. The molecule has 0 spiro atoms. The van der Waals surface area contributed by atoms with Crippen molar-refractivity contribution in [2.45, 2.75) is 6.92 Å². The highest BCUT2D eigenvalue weighted by atomic mass is 79.9. The lowest BCUT2D eigenvalue weighted by Gasteiger charge is -2.10. The van der Waals surface area contributed by atoms with Crippen LogP contribution in [0.1, 0.15) is 26.3 Å². The van der Waals surface area contributed by atoms with Crippen molar-refractivity contribution in [3.63, 3.8) is 0 Å². The fourth-order valence-corrected chi connectivity index (χ4v) is 2.70. The molecule has 0 bridgehead atoms. The van der Waals surface area contributed by atoms with Crippen LogP contribution < -0.4 is 11.1 Å². The first-order valence-corrected chi connectivity index (χ1v) is 7.22. The van der Waals surface area contributed by atoms with E-state index < -0.39 is 5.91 Å². The second-order valence-electron chi connectivity index (χ2n) is 4.51. The van der Waals surface area contributed by atoms with Crippen LogP contribution >= 0.6 is 27.5 Å². The fourth-order valence-electron chi connectivity index (χ4n) is 1.84. The van der Waals surface area contributed by atoms with E-state index in [1.54, 1.807) is 43.3 Å². The number of benzene rings is 2. The first kappa shape index (κ1) is 15.5. The van der Waals surface area contributed by atoms with Gasteiger partial charge in [0.05, 0.1) is 0 Å². The molecule has 0 radical (unpaired) electrons. The Morgan fingerprint density at radius 2 is 1.86 bits per heavy atom. The second-order valence-corrected chi connectivity index (χ2v) is 5.86. The van der Waals surface area contributed by atoms with Crippen LogP contribution in [0, 0.1) is 6.92 Å². The molecule has 2 aromatic rings. The zero-order valence-electron chi connectivity index (χ0n) is 11.1. The van der Waals surface area contributed by atoms with Gasteiger partial charge in [-0.25, -0.2) is 0 Å². The molecule has 3 N–H and O–H groups in total. The lowest BCUT2D eigenvalue weighted by Crippen LogP contribution is -2.14. The summed E-state index contributed by atoms with van der Waals surface area (Å²) in [6, 6.07) is 9.80. The fraction of sp³-hybridized carbons (Fsp3) is 0.0667. The van der Waals surface area contributed by atoms with Crippen LogP contribution in [0.15, 0.2) is 40.9 Å². The van der Waals surface area contributed by atoms with Crippen molar-refractivity contribution < 1.29 is 9.59 Å². The third-order valence-corrected chi connectivity index (χ3v) is 3.56. The van der Waals surface area contributed by atoms with Gasteiger partial charge < -0.3 is 11.1 Å². The largest absolute Gasteiger partial charge is 0.366 e. The first-order valence-electron chi connectivity index (χ1n) is 6.04. The van der Waals surface area contributed by atoms with E-state index >= 15 is 0 Å². The molecule has 0 heterocycles. The van der Waals surface area contributed by atoms with E-state index in [2.05, 4.69) is 21.2 Å². The van der Waals surface area contributed by atoms with Gasteiger partial charge in [0.15, 0.2) is 0 Å². The summed E-state index contributed by atoms with van der Waals surface area (Å²) in [5.41, 5.74) is 7.41. The molecule has 0 fully saturated rings. The summed E-state index contributed by atoms with van der Waals surface area (Å²) in [7, 11) is 0. The van der Waals surface area contributed by atoms with Gasteiger partial charge >= 0.3 is 0 Å². The molecule has 6 heteroatoms. The number of carbonyl (C=O) groups excluding carboxylic acids is 2. The van der Waals surface area contributed by atoms with Crippen LogP contribution in [-0.2, 0) is 0 Å². The maximum Gasteiger partial charge on any atom is 0.255 e. The highest BCUT2D eigenvalue weighted by Crippen LogP contribution is 2.22. The van der Waals surface area contributed by atoms with Crippen LogP contribution in [0.4, 0.5) is 5.69 Å². The minimum atomic E-state index is -0.505. The maximum atomic E-state index is 12.2. The number of nitrogens with two attached hydrogens (primary N) is 1. The van der Waals surface area contributed by atoms with E-state index in [1.807, 2.05) is 0 Å². The first-order chi connectivity index (χ1) is 9.86. The normalized spacial score (nSPS) is 10.2. The smallest absolute Gasteiger partial charge is 0.255 e. The highest BCUT2D eigenvalue weighted by molar-refractivity contribution is 9.10. The zero-order chi connectivity index (χ0) is 15.6. The Morgan fingerprint density at radius 1 is 1.14 bits per heavy atom. The molecule has 0 aromatic heterocycles. The average Bonchev–Trinajstić information content (AvgIpc) is 2.39. The van der Waals surface area contributed by atoms with E-state index in [0.29, 0.717) is 21.8 Å². The Labute approximate surface area is 135 Å². The molecule has 108 valence electrons. The van der Waals surface area contributed by atoms with Gasteiger partial charge in [0.1, 0.15) is 0 Å². The SMILES string of the molecule is Cc1cc(C(N)=O)ccc1NC(=O)c1cc(Cl)cc(Br)c1. The molecule has 4 nitrogen and oxygen atoms in total. The lowest BCUT2D eigenvalue weighted by atomic mass is 10.1. The Bertz CT molecular complexity index is 711. The van der Waals surface area contributed by atoms with E-state index in [-0.39, 0.29) is 5.91 Å². The van der Waals surface area contributed by atoms with Crippen LogP contribution in [0.5, 0.6) is 0 Å². The molecule has 0 atom stereocenters. The molecule has 0 aliphatic heterocycles. The lowest BCUT2D eigenvalue weighted by molar-refractivity contribution is 0.0998. The Balaban J connectivity index is 2.25. The number of nitrogens with one attached hydrogen (secondary N) is 1. The van der Waals surface area contributed by atoms with Crippen molar-refractivity contribution in [3.8, 4) is 0 Å². The number of hydrogen-bond acceptors (Lipinski definition) is 2. The molecular weight excluding hydrogens is 356 g/mol. The molecule has 0 aliphatic rings. The Hall–Kier alpha value is -1.85. The van der Waals surface area contributed by atoms with Crippen molar-refractivity contribution in [2.24, 2.45) is 5.73 Å². The number of amides is 2. The quantitative estimate of drug-likeness (QED) is 0.867. The van der Waals surface area contributed by atoms with Crippen LogP contribution in [0.25, 0.3) is 0 Å². The minimum Gasteiger partial charge on any atom is -0.366 e. The summed E-state index contributed by atoms with van der Waals surface area (Å²) < 4.78 is 0.723. The topological polar surface area (TPSA) is 72.2 Å². The van der Waals surface area contributed by atoms with Gasteiger partial charge in [-0.2, -0.15) is 0 Å². The standard InChI is InChI=1S/C15H12BrClN2O2/c1-8-4-9(14(18)20)2-3-13(8)19-15(21)10-5-11(16)7-12(17)6-10/h2-7H,1H3,(H2,18,20)(H,19,21). The molecule has 2 rings (SSSR count). The van der Waals surface area contributed by atoms with Gasteiger partial charge in [-0.15, -0.1) is 0 Å². The molecule has 0 unspecified atom stereocenters. The molecule has 2 aromatic carbocycles. The molecule has 0 saturated carbocycles. The second kappa shape index (κ2) is 6.28. The van der Waals surface area contributed by atoms with Crippen molar-refractivity contribution in [1.29, 1.82) is 0 Å². The van der Waals surface area contributed by atoms with Crippen molar-refractivity contribution in [1.82, 2.24) is 0 Å². The van der Waals surface area contributed by atoms with Gasteiger partial charge in [-0.1, -0.05) is 27.5 Å². The van der Waals surface area contributed by atoms with Gasteiger partial charge in [-0.3, -0.25) is 9.59 Å². The van der Waals surface area contributed by atoms with Crippen molar-refractivity contribution in [2.75, 3.05) is 5.32 Å². The molecule has 2 amide bonds. The van der Waals surface area contributed by atoms with Gasteiger partial charge in [-0.05, 0) is 48.9 Å². The van der Waals surface area contributed by atoms with Crippen molar-refractivity contribution >= 4 is 45.0 Å². The third-order valence-electron chi connectivity index (χ3n) is 2.88. The monoisotopic (exact) mass is 366 g/mol. The van der Waals surface area contributed by atoms with Gasteiger partial charge in [0.2, 0.25) is 5.91 Å². The average molecular weight is 368 g/mol. The van der Waals surface area contributed by atoms with Gasteiger partial charge in [0, 0.05) is 26.3 Å². The van der Waals surface area contributed by atoms with E-state index in [0.717, 1.165) is 10.0 Å². The predicted octanol–water partition coefficient (Wildman–Crippen LogP) is 3.76. The minimum absolute atomic E-state index is 0.284. The highest BCUT2D eigenvalue weighted by Gasteiger charge is 2.10. The van der Waals surface area contributed by atoms with E-state index in [9.17, 15) is 9.59 Å². The number of carbonyl (C=O) groups is 2. The number of primary amides is 1. The van der Waals surface area contributed by atoms with Crippen LogP contribution in [0.2, 0.25) is 5.02 Å². The molecule has 0 aliphatic carbocycles. The molecular formula is C15H12BrClN2O2. The van der Waals surface area contributed by atoms with Crippen molar-refractivity contribution in [3.05, 3.63) is 62.6 Å². The summed E-state index contributed by atoms with van der Waals surface area (Å²) in [5.74, 6) is -0.789. The maximum absolute atomic E-state index is 12.2. The summed E-state index contributed by atoms with van der Waals surface area (Å²) in [5, 5.41) is 3.24. The number of hydrogen-bond donors (Lipinski definition) is 2. The predicted molar refractivity (Wildman–Crippen MR) is 86.8 cm³/mol. The van der Waals surface area contributed by atoms with Gasteiger partial charge in [0.25, 0.3) is 5.91 Å². The van der Waals surface area contributed by atoms with Crippen LogP contribution in [0.3, 0.4) is 0 Å². The summed E-state index contributed by atoms with van der Waals surface area (Å²) >= 11 is 9.21. The third kappa shape index (κ3) is 3.83. The van der Waals surface area contributed by atoms with E-state index in [4.69, 9.17) is 17.3 Å². The summed E-state index contributed by atoms with van der Waals surface area (Å²) in [6.07, 6.45) is 0. The zero-order valence-corrected chi connectivity index (χ0v) is 13.5. The Morgan fingerprint density at radius 3 is 2.43 bits per heavy atom. The molecule has 21 heavy (non-hydrogen) atoms. The number of aryl methyl sites for hydroxylation is 1. The van der Waals surface area contributed by atoms with E-state index in [1.165, 1.54) is 0 Å². The number of anilines is 1. The summed E-state index contributed by atoms with van der Waals surface area (Å²) in [4.78, 5) is 23.3.